The zero-order chi connectivity index (χ0) is 14.7. The summed E-state index contributed by atoms with van der Waals surface area (Å²) in [6, 6.07) is 2.64. The first-order chi connectivity index (χ1) is 9.56. The van der Waals surface area contributed by atoms with Crippen LogP contribution >= 0.6 is 0 Å². The number of benzene rings is 1. The van der Waals surface area contributed by atoms with Crippen LogP contribution in [0.2, 0.25) is 0 Å². The summed E-state index contributed by atoms with van der Waals surface area (Å²) in [5.41, 5.74) is 0.573. The number of hydrogen-bond donors (Lipinski definition) is 0. The highest BCUT2D eigenvalue weighted by molar-refractivity contribution is 5.76. The largest absolute Gasteiger partial charge is 0.493 e. The van der Waals surface area contributed by atoms with E-state index in [0.29, 0.717) is 38.3 Å². The van der Waals surface area contributed by atoms with Crippen LogP contribution in [0, 0.1) is 11.6 Å². The molecular weight excluding hydrogens is 266 g/mol. The van der Waals surface area contributed by atoms with Crippen molar-refractivity contribution in [1.29, 1.82) is 0 Å². The Morgan fingerprint density at radius 2 is 1.90 bits per heavy atom. The second-order valence-corrected chi connectivity index (χ2v) is 4.67. The Hall–Kier alpha value is -1.85. The Balaban J connectivity index is 2.11. The Morgan fingerprint density at radius 1 is 1.25 bits per heavy atom. The number of hydrogen-bond acceptors (Lipinski definition) is 3. The third-order valence-electron chi connectivity index (χ3n) is 3.50. The van der Waals surface area contributed by atoms with Crippen LogP contribution in [0.1, 0.15) is 13.3 Å². The number of rotatable bonds is 3. The van der Waals surface area contributed by atoms with Crippen molar-refractivity contribution in [3.63, 3.8) is 0 Å². The fourth-order valence-corrected chi connectivity index (χ4v) is 2.32. The van der Waals surface area contributed by atoms with Crippen molar-refractivity contribution in [2.24, 2.45) is 0 Å². The molecule has 0 spiro atoms. The molecule has 0 aromatic heterocycles. The molecule has 110 valence electrons. The van der Waals surface area contributed by atoms with Crippen molar-refractivity contribution in [3.05, 3.63) is 23.8 Å². The van der Waals surface area contributed by atoms with E-state index in [2.05, 4.69) is 0 Å². The lowest BCUT2D eigenvalue weighted by Gasteiger charge is -2.36. The van der Waals surface area contributed by atoms with Crippen LogP contribution in [0.4, 0.5) is 14.5 Å². The smallest absolute Gasteiger partial charge is 0.222 e. The predicted octanol–water partition coefficient (Wildman–Crippen LogP) is 2.03. The summed E-state index contributed by atoms with van der Waals surface area (Å²) in [5, 5.41) is 0. The Labute approximate surface area is 116 Å². The van der Waals surface area contributed by atoms with Gasteiger partial charge in [-0.15, -0.1) is 0 Å². The van der Waals surface area contributed by atoms with E-state index < -0.39 is 11.6 Å². The first-order valence-corrected chi connectivity index (χ1v) is 6.62. The summed E-state index contributed by atoms with van der Waals surface area (Å²) in [6.45, 7) is 4.21. The van der Waals surface area contributed by atoms with Gasteiger partial charge in [-0.1, -0.05) is 6.92 Å². The molecule has 1 aliphatic heterocycles. The molecule has 1 aromatic rings. The van der Waals surface area contributed by atoms with Crippen molar-refractivity contribution < 1.29 is 18.3 Å². The third-order valence-corrected chi connectivity index (χ3v) is 3.50. The number of carbonyl (C=O) groups excluding carboxylic acids is 1. The highest BCUT2D eigenvalue weighted by atomic mass is 19.2. The molecule has 1 aromatic carbocycles. The van der Waals surface area contributed by atoms with Crippen LogP contribution in [0.5, 0.6) is 5.75 Å². The van der Waals surface area contributed by atoms with Gasteiger partial charge in [-0.3, -0.25) is 4.79 Å². The maximum Gasteiger partial charge on any atom is 0.222 e. The summed E-state index contributed by atoms with van der Waals surface area (Å²) < 4.78 is 31.7. The lowest BCUT2D eigenvalue weighted by atomic mass is 10.2. The molecule has 0 bridgehead atoms. The number of ether oxygens (including phenoxy) is 1. The van der Waals surface area contributed by atoms with E-state index in [0.717, 1.165) is 6.07 Å². The van der Waals surface area contributed by atoms with Crippen molar-refractivity contribution in [2.45, 2.75) is 13.3 Å². The second-order valence-electron chi connectivity index (χ2n) is 4.67. The first kappa shape index (κ1) is 14.6. The predicted molar refractivity (Wildman–Crippen MR) is 72.0 cm³/mol. The Kier molecular flexibility index (Phi) is 4.42. The normalized spacial score (nSPS) is 15.4. The van der Waals surface area contributed by atoms with E-state index in [1.807, 2.05) is 11.8 Å². The third kappa shape index (κ3) is 2.84. The van der Waals surface area contributed by atoms with Crippen LogP contribution in [0.3, 0.4) is 0 Å². The molecule has 1 amide bonds. The first-order valence-electron chi connectivity index (χ1n) is 6.62. The van der Waals surface area contributed by atoms with Gasteiger partial charge in [-0.2, -0.15) is 4.39 Å². The van der Waals surface area contributed by atoms with E-state index in [4.69, 9.17) is 4.74 Å². The van der Waals surface area contributed by atoms with Gasteiger partial charge < -0.3 is 14.5 Å². The van der Waals surface area contributed by atoms with Gasteiger partial charge in [0.15, 0.2) is 11.6 Å². The number of carbonyl (C=O) groups is 1. The van der Waals surface area contributed by atoms with Gasteiger partial charge >= 0.3 is 0 Å². The monoisotopic (exact) mass is 284 g/mol. The van der Waals surface area contributed by atoms with Crippen LogP contribution in [-0.2, 0) is 4.79 Å². The lowest BCUT2D eigenvalue weighted by molar-refractivity contribution is -0.131. The summed E-state index contributed by atoms with van der Waals surface area (Å²) in [7, 11) is 1.31. The lowest BCUT2D eigenvalue weighted by Crippen LogP contribution is -2.48. The molecule has 0 unspecified atom stereocenters. The molecule has 4 nitrogen and oxygen atoms in total. The molecule has 0 saturated carbocycles. The Morgan fingerprint density at radius 3 is 2.45 bits per heavy atom. The van der Waals surface area contributed by atoms with E-state index in [1.54, 1.807) is 4.90 Å². The van der Waals surface area contributed by atoms with Crippen molar-refractivity contribution in [2.75, 3.05) is 38.2 Å². The van der Waals surface area contributed by atoms with Gasteiger partial charge in [0.25, 0.3) is 0 Å². The number of piperazine rings is 1. The number of amides is 1. The Bertz CT molecular complexity index is 500. The molecule has 0 atom stereocenters. The van der Waals surface area contributed by atoms with E-state index in [9.17, 15) is 13.6 Å². The fourth-order valence-electron chi connectivity index (χ4n) is 2.32. The highest BCUT2D eigenvalue weighted by Crippen LogP contribution is 2.27. The molecule has 2 rings (SSSR count). The molecule has 1 heterocycles. The second kappa shape index (κ2) is 6.07. The highest BCUT2D eigenvalue weighted by Gasteiger charge is 2.22. The van der Waals surface area contributed by atoms with E-state index in [1.165, 1.54) is 13.2 Å². The van der Waals surface area contributed by atoms with Gasteiger partial charge in [-0.05, 0) is 0 Å². The number of halogens is 2. The number of methoxy groups -OCH3 is 1. The van der Waals surface area contributed by atoms with Crippen molar-refractivity contribution >= 4 is 11.6 Å². The molecule has 20 heavy (non-hydrogen) atoms. The standard InChI is InChI=1S/C14H18F2N2O2/c1-3-13(19)18-6-4-17(5-7-18)10-8-11(15)14(16)12(9-10)20-2/h8-9H,3-7H2,1-2H3. The van der Waals surface area contributed by atoms with E-state index >= 15 is 0 Å². The van der Waals surface area contributed by atoms with Crippen LogP contribution in [0.25, 0.3) is 0 Å². The number of anilines is 1. The summed E-state index contributed by atoms with van der Waals surface area (Å²) in [6.07, 6.45) is 0.485. The van der Waals surface area contributed by atoms with Gasteiger partial charge in [0.1, 0.15) is 0 Å². The van der Waals surface area contributed by atoms with Crippen LogP contribution < -0.4 is 9.64 Å². The minimum Gasteiger partial charge on any atom is -0.493 e. The van der Waals surface area contributed by atoms with Gasteiger partial charge in [0, 0.05) is 50.4 Å². The summed E-state index contributed by atoms with van der Waals surface area (Å²) >= 11 is 0. The molecule has 1 aliphatic rings. The fraction of sp³-hybridized carbons (Fsp3) is 0.500. The average Bonchev–Trinajstić information content (AvgIpc) is 2.49. The maximum atomic E-state index is 13.5. The van der Waals surface area contributed by atoms with Gasteiger partial charge in [-0.25, -0.2) is 4.39 Å². The van der Waals surface area contributed by atoms with Crippen molar-refractivity contribution in [1.82, 2.24) is 4.90 Å². The molecule has 0 aliphatic carbocycles. The van der Waals surface area contributed by atoms with Gasteiger partial charge in [0.2, 0.25) is 11.7 Å². The molecule has 6 heteroatoms. The minimum absolute atomic E-state index is 0.105. The topological polar surface area (TPSA) is 32.8 Å². The quantitative estimate of drug-likeness (QED) is 0.851. The average molecular weight is 284 g/mol. The van der Waals surface area contributed by atoms with Crippen LogP contribution in [-0.4, -0.2) is 44.1 Å². The number of nitrogens with zero attached hydrogens (tertiary/aromatic N) is 2. The SMILES string of the molecule is CCC(=O)N1CCN(c2cc(F)c(F)c(OC)c2)CC1. The zero-order valence-electron chi connectivity index (χ0n) is 11.7. The summed E-state index contributed by atoms with van der Waals surface area (Å²) in [4.78, 5) is 15.3. The van der Waals surface area contributed by atoms with Crippen molar-refractivity contribution in [3.8, 4) is 5.75 Å². The molecular formula is C14H18F2N2O2. The van der Waals surface area contributed by atoms with Crippen LogP contribution in [0.15, 0.2) is 12.1 Å². The van der Waals surface area contributed by atoms with Gasteiger partial charge in [0.05, 0.1) is 7.11 Å². The maximum absolute atomic E-state index is 13.5. The zero-order valence-corrected chi connectivity index (χ0v) is 11.7. The summed E-state index contributed by atoms with van der Waals surface area (Å²) in [5.74, 6) is -1.89. The van der Waals surface area contributed by atoms with E-state index in [-0.39, 0.29) is 11.7 Å². The molecule has 0 N–H and O–H groups in total. The molecule has 0 radical (unpaired) electrons. The minimum atomic E-state index is -0.976. The molecule has 1 fully saturated rings. The molecule has 1 saturated heterocycles.